The van der Waals surface area contributed by atoms with Crippen LogP contribution in [0.1, 0.15) is 44.0 Å². The van der Waals surface area contributed by atoms with Crippen LogP contribution in [-0.4, -0.2) is 23.4 Å². The molecule has 2 aromatic carbocycles. The van der Waals surface area contributed by atoms with Crippen molar-refractivity contribution < 1.29 is 14.3 Å². The Balaban J connectivity index is 1.70. The van der Waals surface area contributed by atoms with Gasteiger partial charge >= 0.3 is 0 Å². The van der Waals surface area contributed by atoms with Crippen LogP contribution >= 0.6 is 15.9 Å². The number of halogens is 1. The summed E-state index contributed by atoms with van der Waals surface area (Å²) in [5.41, 5.74) is 2.12. The van der Waals surface area contributed by atoms with E-state index in [0.717, 1.165) is 10.0 Å². The third kappa shape index (κ3) is 4.25. The van der Waals surface area contributed by atoms with Crippen LogP contribution in [0.2, 0.25) is 0 Å². The predicted molar refractivity (Wildman–Crippen MR) is 104 cm³/mol. The fourth-order valence-corrected chi connectivity index (χ4v) is 2.87. The zero-order valence-electron chi connectivity index (χ0n) is 15.0. The summed E-state index contributed by atoms with van der Waals surface area (Å²) in [6.07, 6.45) is -0.558. The molecule has 1 unspecified atom stereocenters. The molecule has 1 atom stereocenters. The minimum absolute atomic E-state index is 0.159. The molecule has 0 saturated carbocycles. The summed E-state index contributed by atoms with van der Waals surface area (Å²) >= 11 is 3.39. The third-order valence-corrected chi connectivity index (χ3v) is 4.60. The quantitative estimate of drug-likeness (QED) is 0.700. The Bertz CT molecular complexity index is 801. The molecule has 1 aliphatic heterocycles. The van der Waals surface area contributed by atoms with Crippen LogP contribution in [0, 0.1) is 0 Å². The second-order valence-corrected chi connectivity index (χ2v) is 7.31. The molecule has 5 nitrogen and oxygen atoms in total. The van der Waals surface area contributed by atoms with E-state index >= 15 is 0 Å². The first-order valence-electron chi connectivity index (χ1n) is 8.46. The topological polar surface area (TPSA) is 51.1 Å². The van der Waals surface area contributed by atoms with Gasteiger partial charge in [0.15, 0.2) is 6.61 Å². The van der Waals surface area contributed by atoms with Gasteiger partial charge in [0.25, 0.3) is 0 Å². The number of ether oxygens (including phenoxy) is 2. The lowest BCUT2D eigenvalue weighted by Crippen LogP contribution is -2.25. The number of carbonyl (C=O) groups is 1. The molecule has 0 aromatic heterocycles. The Kier molecular flexibility index (Phi) is 5.61. The van der Waals surface area contributed by atoms with Gasteiger partial charge in [-0.25, -0.2) is 0 Å². The summed E-state index contributed by atoms with van der Waals surface area (Å²) in [7, 11) is 0. The van der Waals surface area contributed by atoms with Crippen LogP contribution < -0.4 is 4.74 Å². The van der Waals surface area contributed by atoms with Gasteiger partial charge in [0.05, 0.1) is 0 Å². The SMILES string of the molecule is CC(=O)N1N=C(COc2ccc(Br)cc2)OC1c1ccc(C(C)C)cc1. The van der Waals surface area contributed by atoms with Crippen molar-refractivity contribution in [1.82, 2.24) is 5.01 Å². The van der Waals surface area contributed by atoms with Crippen molar-refractivity contribution in [3.63, 3.8) is 0 Å². The van der Waals surface area contributed by atoms with E-state index in [1.807, 2.05) is 36.4 Å². The summed E-state index contributed by atoms with van der Waals surface area (Å²) in [6, 6.07) is 15.6. The number of hydrogen-bond donors (Lipinski definition) is 0. The minimum Gasteiger partial charge on any atom is -0.484 e. The van der Waals surface area contributed by atoms with Gasteiger partial charge in [-0.1, -0.05) is 54.0 Å². The van der Waals surface area contributed by atoms with Crippen LogP contribution in [-0.2, 0) is 9.53 Å². The highest BCUT2D eigenvalue weighted by Crippen LogP contribution is 2.29. The van der Waals surface area contributed by atoms with Gasteiger partial charge < -0.3 is 9.47 Å². The maximum atomic E-state index is 12.0. The Morgan fingerprint density at radius 2 is 1.85 bits per heavy atom. The van der Waals surface area contributed by atoms with E-state index in [4.69, 9.17) is 9.47 Å². The fraction of sp³-hybridized carbons (Fsp3) is 0.300. The van der Waals surface area contributed by atoms with Crippen LogP contribution in [0.3, 0.4) is 0 Å². The standard InChI is InChI=1S/C20H21BrN2O3/c1-13(2)15-4-6-16(7-5-15)20-23(14(3)24)22-19(26-20)12-25-18-10-8-17(21)9-11-18/h4-11,13,20H,12H2,1-3H3. The van der Waals surface area contributed by atoms with E-state index < -0.39 is 6.23 Å². The number of hydrogen-bond acceptors (Lipinski definition) is 4. The Labute approximate surface area is 161 Å². The molecule has 2 aromatic rings. The van der Waals surface area contributed by atoms with Crippen molar-refractivity contribution in [2.45, 2.75) is 32.9 Å². The first kappa shape index (κ1) is 18.5. The molecule has 0 spiro atoms. The number of rotatable bonds is 5. The predicted octanol–water partition coefficient (Wildman–Crippen LogP) is 4.84. The van der Waals surface area contributed by atoms with Gasteiger partial charge in [0.2, 0.25) is 18.0 Å². The number of benzene rings is 2. The number of amides is 1. The Morgan fingerprint density at radius 3 is 2.42 bits per heavy atom. The second-order valence-electron chi connectivity index (χ2n) is 6.39. The molecule has 0 bridgehead atoms. The average molecular weight is 417 g/mol. The highest BCUT2D eigenvalue weighted by atomic mass is 79.9. The van der Waals surface area contributed by atoms with E-state index in [-0.39, 0.29) is 12.5 Å². The Morgan fingerprint density at radius 1 is 1.19 bits per heavy atom. The maximum absolute atomic E-state index is 12.0. The largest absolute Gasteiger partial charge is 0.484 e. The lowest BCUT2D eigenvalue weighted by Gasteiger charge is -2.20. The highest BCUT2D eigenvalue weighted by molar-refractivity contribution is 9.10. The van der Waals surface area contributed by atoms with E-state index in [1.165, 1.54) is 17.5 Å². The molecule has 0 aliphatic carbocycles. The molecule has 3 rings (SSSR count). The van der Waals surface area contributed by atoms with Crippen LogP contribution in [0.5, 0.6) is 5.75 Å². The molecule has 1 heterocycles. The summed E-state index contributed by atoms with van der Waals surface area (Å²) in [6.45, 7) is 5.92. The summed E-state index contributed by atoms with van der Waals surface area (Å²) in [4.78, 5) is 12.0. The van der Waals surface area contributed by atoms with Gasteiger partial charge in [-0.2, -0.15) is 5.01 Å². The van der Waals surface area contributed by atoms with Gasteiger partial charge in [0.1, 0.15) is 5.75 Å². The summed E-state index contributed by atoms with van der Waals surface area (Å²) < 4.78 is 12.6. The van der Waals surface area contributed by atoms with Crippen molar-refractivity contribution in [3.05, 3.63) is 64.1 Å². The number of carbonyl (C=O) groups excluding carboxylic acids is 1. The van der Waals surface area contributed by atoms with Crippen molar-refractivity contribution in [3.8, 4) is 5.75 Å². The smallest absolute Gasteiger partial charge is 0.247 e. The first-order chi connectivity index (χ1) is 12.4. The van der Waals surface area contributed by atoms with E-state index in [1.54, 1.807) is 0 Å². The number of hydrazone groups is 1. The monoisotopic (exact) mass is 416 g/mol. The molecule has 136 valence electrons. The highest BCUT2D eigenvalue weighted by Gasteiger charge is 2.32. The van der Waals surface area contributed by atoms with Gasteiger partial charge in [-0.05, 0) is 35.7 Å². The molecule has 0 radical (unpaired) electrons. The molecular formula is C20H21BrN2O3. The lowest BCUT2D eigenvalue weighted by atomic mass is 10.0. The zero-order valence-corrected chi connectivity index (χ0v) is 16.6. The minimum atomic E-state index is -0.558. The summed E-state index contributed by atoms with van der Waals surface area (Å²) in [5, 5.41) is 5.63. The van der Waals surface area contributed by atoms with E-state index in [0.29, 0.717) is 17.6 Å². The van der Waals surface area contributed by atoms with E-state index in [9.17, 15) is 4.79 Å². The molecule has 6 heteroatoms. The molecule has 0 saturated heterocycles. The molecule has 1 aliphatic rings. The third-order valence-electron chi connectivity index (χ3n) is 4.08. The van der Waals surface area contributed by atoms with Crippen molar-refractivity contribution >= 4 is 27.7 Å². The van der Waals surface area contributed by atoms with Crippen molar-refractivity contribution in [1.29, 1.82) is 0 Å². The average Bonchev–Trinajstić information content (AvgIpc) is 3.06. The molecule has 1 amide bonds. The first-order valence-corrected chi connectivity index (χ1v) is 9.25. The maximum Gasteiger partial charge on any atom is 0.247 e. The fourth-order valence-electron chi connectivity index (χ4n) is 2.60. The molecular weight excluding hydrogens is 396 g/mol. The van der Waals surface area contributed by atoms with Crippen molar-refractivity contribution in [2.24, 2.45) is 5.10 Å². The van der Waals surface area contributed by atoms with Crippen LogP contribution in [0.4, 0.5) is 0 Å². The molecule has 0 fully saturated rings. The number of nitrogens with zero attached hydrogens (tertiary/aromatic N) is 2. The normalized spacial score (nSPS) is 16.4. The summed E-state index contributed by atoms with van der Waals surface area (Å²) in [5.74, 6) is 1.35. The van der Waals surface area contributed by atoms with E-state index in [2.05, 4.69) is 47.0 Å². The molecule has 26 heavy (non-hydrogen) atoms. The van der Waals surface area contributed by atoms with Crippen LogP contribution in [0.15, 0.2) is 58.1 Å². The van der Waals surface area contributed by atoms with Gasteiger partial charge in [-0.15, -0.1) is 5.10 Å². The van der Waals surface area contributed by atoms with Gasteiger partial charge in [-0.3, -0.25) is 4.79 Å². The van der Waals surface area contributed by atoms with Crippen LogP contribution in [0.25, 0.3) is 0 Å². The van der Waals surface area contributed by atoms with Gasteiger partial charge in [0, 0.05) is 17.0 Å². The Hall–Kier alpha value is -2.34. The zero-order chi connectivity index (χ0) is 18.7. The second kappa shape index (κ2) is 7.91. The molecule has 0 N–H and O–H groups in total. The lowest BCUT2D eigenvalue weighted by molar-refractivity contribution is -0.135. The van der Waals surface area contributed by atoms with Crippen molar-refractivity contribution in [2.75, 3.05) is 6.61 Å².